The monoisotopic (exact) mass is 363 g/mol. The second-order valence-corrected chi connectivity index (χ2v) is 8.77. The number of benzene rings is 2. The first-order valence-electron chi connectivity index (χ1n) is 10.7. The van der Waals surface area contributed by atoms with Crippen LogP contribution in [0.3, 0.4) is 0 Å². The molecule has 0 radical (unpaired) electrons. The van der Waals surface area contributed by atoms with Crippen molar-refractivity contribution in [1.82, 2.24) is 4.90 Å². The van der Waals surface area contributed by atoms with Crippen molar-refractivity contribution in [2.45, 2.75) is 57.0 Å². The van der Waals surface area contributed by atoms with E-state index in [1.807, 2.05) is 0 Å². The molecule has 4 rings (SSSR count). The van der Waals surface area contributed by atoms with Gasteiger partial charge >= 0.3 is 0 Å². The van der Waals surface area contributed by atoms with Crippen molar-refractivity contribution in [1.29, 1.82) is 0 Å². The molecule has 2 atom stereocenters. The van der Waals surface area contributed by atoms with Gasteiger partial charge in [0.2, 0.25) is 0 Å². The van der Waals surface area contributed by atoms with Crippen molar-refractivity contribution in [3.8, 4) is 0 Å². The van der Waals surface area contributed by atoms with Crippen molar-refractivity contribution in [3.05, 3.63) is 71.3 Å². The summed E-state index contributed by atoms with van der Waals surface area (Å²) in [7, 11) is 0. The Balaban J connectivity index is 1.69. The molecule has 1 N–H and O–H groups in total. The van der Waals surface area contributed by atoms with Gasteiger partial charge in [0.05, 0.1) is 0 Å². The second-order valence-electron chi connectivity index (χ2n) is 8.77. The van der Waals surface area contributed by atoms with Crippen LogP contribution in [0.1, 0.15) is 56.2 Å². The first-order valence-corrected chi connectivity index (χ1v) is 10.7. The third-order valence-electron chi connectivity index (χ3n) is 7.23. The van der Waals surface area contributed by atoms with E-state index in [4.69, 9.17) is 0 Å². The highest BCUT2D eigenvalue weighted by atomic mass is 16.3. The number of rotatable bonds is 5. The van der Waals surface area contributed by atoms with Gasteiger partial charge in [0, 0.05) is 5.41 Å². The molecular weight excluding hydrogens is 330 g/mol. The van der Waals surface area contributed by atoms with Gasteiger partial charge in [0.25, 0.3) is 0 Å². The molecule has 2 aromatic carbocycles. The van der Waals surface area contributed by atoms with Crippen molar-refractivity contribution >= 4 is 0 Å². The molecule has 0 spiro atoms. The summed E-state index contributed by atoms with van der Waals surface area (Å²) in [6.07, 6.45) is 5.61. The van der Waals surface area contributed by atoms with Crippen LogP contribution in [0.2, 0.25) is 0 Å². The first-order chi connectivity index (χ1) is 13.1. The van der Waals surface area contributed by atoms with Crippen molar-refractivity contribution in [2.24, 2.45) is 5.92 Å². The van der Waals surface area contributed by atoms with Gasteiger partial charge in [0.15, 0.2) is 0 Å². The third-order valence-corrected chi connectivity index (χ3v) is 7.23. The standard InChI is InChI=1S/C25H33NO/c1-3-4-16-26-17-14-22(15-18-26)25(27)23-13-9-8-10-20(23)19-24(25,2)21-11-6-5-7-12-21/h5-13,22,27H,3-4,14-19H2,1-2H3/t24-,25-/m0/s1. The molecule has 1 heterocycles. The Kier molecular flexibility index (Phi) is 5.13. The molecule has 0 saturated carbocycles. The highest BCUT2D eigenvalue weighted by Crippen LogP contribution is 2.57. The van der Waals surface area contributed by atoms with Gasteiger partial charge in [-0.3, -0.25) is 0 Å². The van der Waals surface area contributed by atoms with E-state index in [1.165, 1.54) is 36.1 Å². The SMILES string of the molecule is CCCCN1CCC([C@]2(O)c3ccccc3C[C@@]2(C)c2ccccc2)CC1. The predicted molar refractivity (Wildman–Crippen MR) is 112 cm³/mol. The van der Waals surface area contributed by atoms with E-state index in [9.17, 15) is 5.11 Å². The van der Waals surface area contributed by atoms with Crippen LogP contribution in [0.25, 0.3) is 0 Å². The molecule has 0 unspecified atom stereocenters. The van der Waals surface area contributed by atoms with Crippen LogP contribution >= 0.6 is 0 Å². The molecule has 1 saturated heterocycles. The number of unbranched alkanes of at least 4 members (excludes halogenated alkanes) is 1. The zero-order chi connectivity index (χ0) is 18.9. The summed E-state index contributed by atoms with van der Waals surface area (Å²) >= 11 is 0. The van der Waals surface area contributed by atoms with Gasteiger partial charge in [-0.1, -0.05) is 74.9 Å². The minimum atomic E-state index is -0.790. The summed E-state index contributed by atoms with van der Waals surface area (Å²) in [4.78, 5) is 2.59. The maximum atomic E-state index is 12.4. The van der Waals surface area contributed by atoms with Gasteiger partial charge in [-0.2, -0.15) is 0 Å². The van der Waals surface area contributed by atoms with Gasteiger partial charge in [0.1, 0.15) is 5.60 Å². The van der Waals surface area contributed by atoms with Gasteiger partial charge in [-0.05, 0) is 67.9 Å². The fourth-order valence-corrected chi connectivity index (χ4v) is 5.61. The van der Waals surface area contributed by atoms with Crippen LogP contribution in [-0.4, -0.2) is 29.6 Å². The Bertz CT molecular complexity index is 765. The number of hydrogen-bond acceptors (Lipinski definition) is 2. The van der Waals surface area contributed by atoms with Crippen LogP contribution < -0.4 is 0 Å². The highest BCUT2D eigenvalue weighted by Gasteiger charge is 2.58. The summed E-state index contributed by atoms with van der Waals surface area (Å²) in [5.74, 6) is 0.309. The number of aliphatic hydroxyl groups is 1. The zero-order valence-corrected chi connectivity index (χ0v) is 16.8. The van der Waals surface area contributed by atoms with E-state index in [1.54, 1.807) is 0 Å². The molecule has 1 fully saturated rings. The van der Waals surface area contributed by atoms with Gasteiger partial charge < -0.3 is 10.0 Å². The maximum Gasteiger partial charge on any atom is 0.102 e. The molecule has 144 valence electrons. The van der Waals surface area contributed by atoms with Crippen LogP contribution in [0.4, 0.5) is 0 Å². The van der Waals surface area contributed by atoms with Crippen molar-refractivity contribution in [3.63, 3.8) is 0 Å². The largest absolute Gasteiger partial charge is 0.384 e. The fraction of sp³-hybridized carbons (Fsp3) is 0.520. The lowest BCUT2D eigenvalue weighted by molar-refractivity contribution is -0.0964. The molecule has 0 amide bonds. The summed E-state index contributed by atoms with van der Waals surface area (Å²) in [5, 5.41) is 12.4. The Labute approximate surface area is 164 Å². The number of fused-ring (bicyclic) bond motifs is 1. The van der Waals surface area contributed by atoms with Crippen LogP contribution in [0.5, 0.6) is 0 Å². The lowest BCUT2D eigenvalue weighted by Crippen LogP contribution is -2.52. The van der Waals surface area contributed by atoms with E-state index in [2.05, 4.69) is 73.3 Å². The van der Waals surface area contributed by atoms with E-state index >= 15 is 0 Å². The van der Waals surface area contributed by atoms with Crippen molar-refractivity contribution in [2.75, 3.05) is 19.6 Å². The molecule has 2 heteroatoms. The predicted octanol–water partition coefficient (Wildman–Crippen LogP) is 4.90. The molecule has 2 aromatic rings. The number of piperidine rings is 1. The Hall–Kier alpha value is -1.64. The van der Waals surface area contributed by atoms with Crippen LogP contribution in [-0.2, 0) is 17.4 Å². The molecule has 0 bridgehead atoms. The normalized spacial score (nSPS) is 29.0. The number of hydrogen-bond donors (Lipinski definition) is 1. The van der Waals surface area contributed by atoms with Crippen LogP contribution in [0, 0.1) is 5.92 Å². The molecule has 27 heavy (non-hydrogen) atoms. The van der Waals surface area contributed by atoms with Crippen molar-refractivity contribution < 1.29 is 5.11 Å². The molecule has 0 aromatic heterocycles. The minimum absolute atomic E-state index is 0.270. The molecular formula is C25H33NO. The van der Waals surface area contributed by atoms with E-state index in [-0.39, 0.29) is 5.41 Å². The smallest absolute Gasteiger partial charge is 0.102 e. The minimum Gasteiger partial charge on any atom is -0.384 e. The highest BCUT2D eigenvalue weighted by molar-refractivity contribution is 5.48. The lowest BCUT2D eigenvalue weighted by Gasteiger charge is -2.48. The zero-order valence-electron chi connectivity index (χ0n) is 16.8. The summed E-state index contributed by atoms with van der Waals surface area (Å²) in [5.41, 5.74) is 2.69. The Morgan fingerprint density at radius 3 is 2.37 bits per heavy atom. The molecule has 2 nitrogen and oxygen atoms in total. The van der Waals surface area contributed by atoms with Crippen LogP contribution in [0.15, 0.2) is 54.6 Å². The summed E-state index contributed by atoms with van der Waals surface area (Å²) < 4.78 is 0. The average molecular weight is 364 g/mol. The summed E-state index contributed by atoms with van der Waals surface area (Å²) in [6.45, 7) is 7.97. The summed E-state index contributed by atoms with van der Waals surface area (Å²) in [6, 6.07) is 19.3. The van der Waals surface area contributed by atoms with E-state index < -0.39 is 5.60 Å². The van der Waals surface area contributed by atoms with Gasteiger partial charge in [-0.25, -0.2) is 0 Å². The molecule has 1 aliphatic heterocycles. The van der Waals surface area contributed by atoms with Gasteiger partial charge in [-0.15, -0.1) is 0 Å². The number of nitrogens with zero attached hydrogens (tertiary/aromatic N) is 1. The Morgan fingerprint density at radius 1 is 1.00 bits per heavy atom. The molecule has 1 aliphatic carbocycles. The lowest BCUT2D eigenvalue weighted by atomic mass is 9.61. The maximum absolute atomic E-state index is 12.4. The second kappa shape index (κ2) is 7.41. The first kappa shape index (κ1) is 18.7. The quantitative estimate of drug-likeness (QED) is 0.817. The third kappa shape index (κ3) is 3.03. The van der Waals surface area contributed by atoms with E-state index in [0.29, 0.717) is 5.92 Å². The average Bonchev–Trinajstić information content (AvgIpc) is 2.96. The number of likely N-dealkylation sites (tertiary alicyclic amines) is 1. The Morgan fingerprint density at radius 2 is 1.67 bits per heavy atom. The van der Waals surface area contributed by atoms with E-state index in [0.717, 1.165) is 32.4 Å². The molecule has 2 aliphatic rings. The fourth-order valence-electron chi connectivity index (χ4n) is 5.61. The topological polar surface area (TPSA) is 23.5 Å².